The molecule has 1 aliphatic rings. The average molecular weight is 419 g/mol. The molecule has 1 fully saturated rings. The van der Waals surface area contributed by atoms with Crippen LogP contribution in [0.15, 0.2) is 91.0 Å². The SMILES string of the molecule is C[C@@H]1O[C@H](COCc2ccccc2)[C@@H](OCc2ccccc2)[C@@H]1OCc1ccccc1. The minimum absolute atomic E-state index is 0.0742. The van der Waals surface area contributed by atoms with Crippen molar-refractivity contribution in [2.24, 2.45) is 0 Å². The maximum atomic E-state index is 6.35. The predicted molar refractivity (Wildman–Crippen MR) is 120 cm³/mol. The minimum Gasteiger partial charge on any atom is -0.374 e. The molecule has 3 aromatic carbocycles. The van der Waals surface area contributed by atoms with E-state index in [1.807, 2.05) is 61.5 Å². The van der Waals surface area contributed by atoms with Gasteiger partial charge in [-0.3, -0.25) is 0 Å². The Kier molecular flexibility index (Phi) is 7.86. The van der Waals surface area contributed by atoms with Gasteiger partial charge >= 0.3 is 0 Å². The Morgan fingerprint density at radius 3 is 1.58 bits per heavy atom. The van der Waals surface area contributed by atoms with Gasteiger partial charge < -0.3 is 18.9 Å². The van der Waals surface area contributed by atoms with Crippen LogP contribution in [0.2, 0.25) is 0 Å². The van der Waals surface area contributed by atoms with Crippen molar-refractivity contribution in [2.75, 3.05) is 6.61 Å². The van der Waals surface area contributed by atoms with Crippen molar-refractivity contribution in [1.82, 2.24) is 0 Å². The lowest BCUT2D eigenvalue weighted by atomic mass is 10.1. The zero-order valence-electron chi connectivity index (χ0n) is 17.9. The Morgan fingerprint density at radius 1 is 0.613 bits per heavy atom. The molecule has 0 bridgehead atoms. The molecule has 1 saturated heterocycles. The summed E-state index contributed by atoms with van der Waals surface area (Å²) in [6, 6.07) is 30.6. The molecule has 3 aromatic rings. The standard InChI is InChI=1S/C27H30O4/c1-21-26(29-18-23-13-7-3-8-14-23)27(30-19-24-15-9-4-10-16-24)25(31-21)20-28-17-22-11-5-2-6-12-22/h2-16,21,25-27H,17-20H2,1H3/t21-,25+,26+,27+/m0/s1. The van der Waals surface area contributed by atoms with Crippen LogP contribution in [0.4, 0.5) is 0 Å². The lowest BCUT2D eigenvalue weighted by molar-refractivity contribution is -0.0897. The van der Waals surface area contributed by atoms with Crippen molar-refractivity contribution in [3.63, 3.8) is 0 Å². The molecule has 0 aliphatic carbocycles. The molecule has 0 radical (unpaired) electrons. The first-order chi connectivity index (χ1) is 15.3. The summed E-state index contributed by atoms with van der Waals surface area (Å²) in [5.41, 5.74) is 3.42. The van der Waals surface area contributed by atoms with Gasteiger partial charge in [-0.25, -0.2) is 0 Å². The first kappa shape index (κ1) is 21.7. The zero-order valence-corrected chi connectivity index (χ0v) is 17.9. The molecule has 0 spiro atoms. The molecule has 0 aromatic heterocycles. The smallest absolute Gasteiger partial charge is 0.115 e. The van der Waals surface area contributed by atoms with Crippen LogP contribution < -0.4 is 0 Å². The van der Waals surface area contributed by atoms with Crippen molar-refractivity contribution < 1.29 is 18.9 Å². The lowest BCUT2D eigenvalue weighted by Crippen LogP contribution is -2.38. The summed E-state index contributed by atoms with van der Waals surface area (Å²) in [5.74, 6) is 0. The Labute approximate surface area is 184 Å². The predicted octanol–water partition coefficient (Wildman–Crippen LogP) is 5.16. The first-order valence-corrected chi connectivity index (χ1v) is 10.9. The number of hydrogen-bond donors (Lipinski definition) is 0. The molecule has 0 N–H and O–H groups in total. The third-order valence-corrected chi connectivity index (χ3v) is 5.51. The first-order valence-electron chi connectivity index (χ1n) is 10.9. The normalized spacial score (nSPS) is 23.1. The van der Waals surface area contributed by atoms with Crippen molar-refractivity contribution in [3.8, 4) is 0 Å². The van der Waals surface area contributed by atoms with Crippen LogP contribution in [0, 0.1) is 0 Å². The van der Waals surface area contributed by atoms with E-state index in [-0.39, 0.29) is 24.4 Å². The van der Waals surface area contributed by atoms with Crippen molar-refractivity contribution in [3.05, 3.63) is 108 Å². The van der Waals surface area contributed by atoms with Crippen LogP contribution in [0.1, 0.15) is 23.6 Å². The highest BCUT2D eigenvalue weighted by molar-refractivity contribution is 5.15. The van der Waals surface area contributed by atoms with Gasteiger partial charge in [0.1, 0.15) is 18.3 Å². The molecular weight excluding hydrogens is 388 g/mol. The Bertz CT molecular complexity index is 885. The van der Waals surface area contributed by atoms with Crippen LogP contribution in [0.25, 0.3) is 0 Å². The maximum Gasteiger partial charge on any atom is 0.115 e. The monoisotopic (exact) mass is 418 g/mol. The molecule has 1 heterocycles. The average Bonchev–Trinajstić information content (AvgIpc) is 3.12. The third kappa shape index (κ3) is 6.25. The second-order valence-corrected chi connectivity index (χ2v) is 7.90. The van der Waals surface area contributed by atoms with E-state index >= 15 is 0 Å². The fourth-order valence-corrected chi connectivity index (χ4v) is 3.88. The molecule has 4 atom stereocenters. The van der Waals surface area contributed by atoms with Crippen molar-refractivity contribution in [1.29, 1.82) is 0 Å². The van der Waals surface area contributed by atoms with Crippen LogP contribution in [0.5, 0.6) is 0 Å². The fraction of sp³-hybridized carbons (Fsp3) is 0.333. The maximum absolute atomic E-state index is 6.35. The van der Waals surface area contributed by atoms with E-state index in [4.69, 9.17) is 18.9 Å². The summed E-state index contributed by atoms with van der Waals surface area (Å²) in [5, 5.41) is 0. The van der Waals surface area contributed by atoms with Gasteiger partial charge in [-0.2, -0.15) is 0 Å². The van der Waals surface area contributed by atoms with Crippen LogP contribution >= 0.6 is 0 Å². The second kappa shape index (κ2) is 11.2. The van der Waals surface area contributed by atoms with Gasteiger partial charge in [-0.1, -0.05) is 91.0 Å². The summed E-state index contributed by atoms with van der Waals surface area (Å²) in [6.07, 6.45) is -0.609. The topological polar surface area (TPSA) is 36.9 Å². The molecule has 4 heteroatoms. The molecule has 162 valence electrons. The highest BCUT2D eigenvalue weighted by Gasteiger charge is 2.44. The summed E-state index contributed by atoms with van der Waals surface area (Å²) in [7, 11) is 0. The molecule has 0 unspecified atom stereocenters. The van der Waals surface area contributed by atoms with Gasteiger partial charge in [0.15, 0.2) is 0 Å². The molecule has 4 nitrogen and oxygen atoms in total. The van der Waals surface area contributed by atoms with Gasteiger partial charge in [-0.15, -0.1) is 0 Å². The summed E-state index contributed by atoms with van der Waals surface area (Å²) >= 11 is 0. The van der Waals surface area contributed by atoms with Crippen LogP contribution in [-0.2, 0) is 38.8 Å². The number of rotatable bonds is 10. The largest absolute Gasteiger partial charge is 0.374 e. The minimum atomic E-state index is -0.199. The van der Waals surface area contributed by atoms with E-state index in [9.17, 15) is 0 Å². The van der Waals surface area contributed by atoms with Crippen LogP contribution in [0.3, 0.4) is 0 Å². The van der Waals surface area contributed by atoms with Gasteiger partial charge in [0.25, 0.3) is 0 Å². The van der Waals surface area contributed by atoms with E-state index in [2.05, 4.69) is 36.4 Å². The van der Waals surface area contributed by atoms with E-state index in [1.54, 1.807) is 0 Å². The fourth-order valence-electron chi connectivity index (χ4n) is 3.88. The zero-order chi connectivity index (χ0) is 21.3. The number of ether oxygens (including phenoxy) is 4. The van der Waals surface area contributed by atoms with E-state index in [0.29, 0.717) is 26.4 Å². The second-order valence-electron chi connectivity index (χ2n) is 7.90. The highest BCUT2D eigenvalue weighted by atomic mass is 16.6. The van der Waals surface area contributed by atoms with Gasteiger partial charge in [0, 0.05) is 0 Å². The van der Waals surface area contributed by atoms with Gasteiger partial charge in [0.2, 0.25) is 0 Å². The lowest BCUT2D eigenvalue weighted by Gasteiger charge is -2.24. The molecule has 1 aliphatic heterocycles. The molecule has 0 saturated carbocycles. The Balaban J connectivity index is 1.39. The Morgan fingerprint density at radius 2 is 1.06 bits per heavy atom. The van der Waals surface area contributed by atoms with Gasteiger partial charge in [-0.05, 0) is 23.6 Å². The van der Waals surface area contributed by atoms with Crippen molar-refractivity contribution >= 4 is 0 Å². The number of hydrogen-bond acceptors (Lipinski definition) is 4. The van der Waals surface area contributed by atoms with E-state index < -0.39 is 0 Å². The summed E-state index contributed by atoms with van der Waals surface area (Å²) in [6.45, 7) is 4.11. The highest BCUT2D eigenvalue weighted by Crippen LogP contribution is 2.29. The summed E-state index contributed by atoms with van der Waals surface area (Å²) < 4.78 is 24.8. The third-order valence-electron chi connectivity index (χ3n) is 5.51. The Hall–Kier alpha value is -2.50. The van der Waals surface area contributed by atoms with Crippen LogP contribution in [-0.4, -0.2) is 31.0 Å². The quantitative estimate of drug-likeness (QED) is 0.456. The number of benzene rings is 3. The van der Waals surface area contributed by atoms with E-state index in [1.165, 1.54) is 0 Å². The summed E-state index contributed by atoms with van der Waals surface area (Å²) in [4.78, 5) is 0. The van der Waals surface area contributed by atoms with Gasteiger partial charge in [0.05, 0.1) is 32.5 Å². The molecule has 4 rings (SSSR count). The van der Waals surface area contributed by atoms with E-state index in [0.717, 1.165) is 16.7 Å². The van der Waals surface area contributed by atoms with Crippen molar-refractivity contribution in [2.45, 2.75) is 51.2 Å². The molecule has 31 heavy (non-hydrogen) atoms. The molecular formula is C27H30O4. The molecule has 0 amide bonds.